The maximum Gasteiger partial charge on any atom is 0.321 e. The third-order valence-corrected chi connectivity index (χ3v) is 7.78. The first-order valence-electron chi connectivity index (χ1n) is 13.2. The Morgan fingerprint density at radius 3 is 2.36 bits per heavy atom. The van der Waals surface area contributed by atoms with Gasteiger partial charge >= 0.3 is 6.03 Å². The summed E-state index contributed by atoms with van der Waals surface area (Å²) in [6, 6.07) is 4.30. The van der Waals surface area contributed by atoms with Crippen molar-refractivity contribution in [3.05, 3.63) is 48.1 Å². The second-order valence-corrected chi connectivity index (χ2v) is 9.95. The van der Waals surface area contributed by atoms with Crippen LogP contribution in [0.4, 0.5) is 4.79 Å². The number of likely N-dealkylation sites (tertiary alicyclic amines) is 2. The number of aromatic nitrogens is 2. The Morgan fingerprint density at radius 2 is 1.69 bits per heavy atom. The van der Waals surface area contributed by atoms with E-state index in [2.05, 4.69) is 38.4 Å². The number of benzene rings is 1. The lowest BCUT2D eigenvalue weighted by molar-refractivity contribution is 0.183. The van der Waals surface area contributed by atoms with Gasteiger partial charge in [0.1, 0.15) is 6.33 Å². The number of piperidine rings is 1. The predicted octanol–water partition coefficient (Wildman–Crippen LogP) is 4.62. The number of allylic oxidation sites excluding steroid dienone is 1. The van der Waals surface area contributed by atoms with Crippen LogP contribution in [-0.4, -0.2) is 72.2 Å². The molecule has 36 heavy (non-hydrogen) atoms. The smallest absolute Gasteiger partial charge is 0.321 e. The van der Waals surface area contributed by atoms with Crippen molar-refractivity contribution in [3.63, 3.8) is 0 Å². The highest BCUT2D eigenvalue weighted by Gasteiger charge is 2.27. The average Bonchev–Trinajstić information content (AvgIpc) is 3.22. The SMILES string of the molecule is COc1cc2ncnc(C3CCN(C(=O)NC4=CCC(N5CCCCCC5)C=C4)CC3)c2cc1OC. The van der Waals surface area contributed by atoms with Crippen LogP contribution in [0, 0.1) is 0 Å². The second kappa shape index (κ2) is 11.3. The van der Waals surface area contributed by atoms with E-state index in [1.54, 1.807) is 20.5 Å². The van der Waals surface area contributed by atoms with Crippen molar-refractivity contribution in [2.75, 3.05) is 40.4 Å². The number of ether oxygens (including phenoxy) is 2. The Bertz CT molecular complexity index is 1130. The molecule has 1 unspecified atom stereocenters. The minimum Gasteiger partial charge on any atom is -0.493 e. The zero-order valence-electron chi connectivity index (χ0n) is 21.4. The zero-order chi connectivity index (χ0) is 24.9. The van der Waals surface area contributed by atoms with Crippen LogP contribution in [0.25, 0.3) is 10.9 Å². The molecular weight excluding hydrogens is 454 g/mol. The van der Waals surface area contributed by atoms with Crippen molar-refractivity contribution < 1.29 is 14.3 Å². The number of hydrogen-bond donors (Lipinski definition) is 1. The number of nitrogens with one attached hydrogen (secondary N) is 1. The predicted molar refractivity (Wildman–Crippen MR) is 140 cm³/mol. The molecule has 0 saturated carbocycles. The van der Waals surface area contributed by atoms with Gasteiger partial charge in [0.05, 0.1) is 25.4 Å². The Labute approximate surface area is 213 Å². The Kier molecular flexibility index (Phi) is 7.70. The molecule has 0 bridgehead atoms. The van der Waals surface area contributed by atoms with E-state index in [-0.39, 0.29) is 11.9 Å². The lowest BCUT2D eigenvalue weighted by atomic mass is 9.91. The fourth-order valence-electron chi connectivity index (χ4n) is 5.69. The minimum atomic E-state index is -0.0171. The highest BCUT2D eigenvalue weighted by Crippen LogP contribution is 2.36. The van der Waals surface area contributed by atoms with Crippen LogP contribution in [0.2, 0.25) is 0 Å². The zero-order valence-corrected chi connectivity index (χ0v) is 21.4. The molecule has 5 rings (SSSR count). The summed E-state index contributed by atoms with van der Waals surface area (Å²) in [4.78, 5) is 26.5. The summed E-state index contributed by atoms with van der Waals surface area (Å²) in [5.41, 5.74) is 2.77. The first-order chi connectivity index (χ1) is 17.7. The Hall–Kier alpha value is -3.13. The van der Waals surface area contributed by atoms with Crippen LogP contribution in [0.15, 0.2) is 42.4 Å². The Balaban J connectivity index is 1.18. The molecule has 2 saturated heterocycles. The largest absolute Gasteiger partial charge is 0.493 e. The Morgan fingerprint density at radius 1 is 0.972 bits per heavy atom. The molecule has 0 spiro atoms. The lowest BCUT2D eigenvalue weighted by Gasteiger charge is -2.33. The van der Waals surface area contributed by atoms with Crippen molar-refractivity contribution in [1.29, 1.82) is 0 Å². The molecule has 192 valence electrons. The van der Waals surface area contributed by atoms with Gasteiger partial charge < -0.3 is 19.7 Å². The van der Waals surface area contributed by atoms with Gasteiger partial charge in [-0.25, -0.2) is 14.8 Å². The van der Waals surface area contributed by atoms with E-state index >= 15 is 0 Å². The first kappa shape index (κ1) is 24.6. The van der Waals surface area contributed by atoms with Gasteiger partial charge in [-0.2, -0.15) is 0 Å². The molecule has 1 aromatic carbocycles. The fourth-order valence-corrected chi connectivity index (χ4v) is 5.69. The van der Waals surface area contributed by atoms with Gasteiger partial charge in [-0.05, 0) is 57.3 Å². The summed E-state index contributed by atoms with van der Waals surface area (Å²) in [5, 5.41) is 4.10. The molecule has 3 heterocycles. The van der Waals surface area contributed by atoms with E-state index in [0.29, 0.717) is 30.6 Å². The van der Waals surface area contributed by atoms with E-state index in [0.717, 1.165) is 41.6 Å². The molecule has 2 aliphatic heterocycles. The molecule has 2 fully saturated rings. The monoisotopic (exact) mass is 491 g/mol. The molecule has 0 radical (unpaired) electrons. The first-order valence-corrected chi connectivity index (χ1v) is 13.2. The number of methoxy groups -OCH3 is 2. The van der Waals surface area contributed by atoms with Crippen molar-refractivity contribution in [3.8, 4) is 11.5 Å². The minimum absolute atomic E-state index is 0.0171. The molecule has 1 aliphatic carbocycles. The normalized spacial score (nSPS) is 21.7. The maximum absolute atomic E-state index is 13.0. The van der Waals surface area contributed by atoms with Gasteiger partial charge in [-0.1, -0.05) is 25.0 Å². The van der Waals surface area contributed by atoms with Gasteiger partial charge in [0, 0.05) is 42.2 Å². The van der Waals surface area contributed by atoms with Gasteiger partial charge in [0.25, 0.3) is 0 Å². The number of amides is 2. The molecular formula is C28H37N5O3. The molecule has 3 aliphatic rings. The topological polar surface area (TPSA) is 79.8 Å². The summed E-state index contributed by atoms with van der Waals surface area (Å²) < 4.78 is 10.9. The quantitative estimate of drug-likeness (QED) is 0.657. The van der Waals surface area contributed by atoms with E-state index in [1.807, 2.05) is 17.0 Å². The van der Waals surface area contributed by atoms with E-state index < -0.39 is 0 Å². The number of rotatable bonds is 5. The number of nitrogens with zero attached hydrogens (tertiary/aromatic N) is 4. The van der Waals surface area contributed by atoms with E-state index in [4.69, 9.17) is 9.47 Å². The van der Waals surface area contributed by atoms with Gasteiger partial charge in [0.15, 0.2) is 11.5 Å². The van der Waals surface area contributed by atoms with Gasteiger partial charge in [-0.15, -0.1) is 0 Å². The van der Waals surface area contributed by atoms with Crippen molar-refractivity contribution in [2.24, 2.45) is 0 Å². The number of hydrogen-bond acceptors (Lipinski definition) is 6. The van der Waals surface area contributed by atoms with Crippen LogP contribution >= 0.6 is 0 Å². The molecule has 2 aromatic rings. The molecule has 8 nitrogen and oxygen atoms in total. The molecule has 2 amide bonds. The summed E-state index contributed by atoms with van der Waals surface area (Å²) in [6.07, 6.45) is 16.1. The number of urea groups is 1. The van der Waals surface area contributed by atoms with Crippen LogP contribution in [0.1, 0.15) is 56.6 Å². The molecule has 1 aromatic heterocycles. The third kappa shape index (κ3) is 5.33. The molecule has 8 heteroatoms. The molecule has 1 N–H and O–H groups in total. The number of fused-ring (bicyclic) bond motifs is 1. The third-order valence-electron chi connectivity index (χ3n) is 7.78. The number of carbonyl (C=O) groups excluding carboxylic acids is 1. The summed E-state index contributed by atoms with van der Waals surface area (Å²) >= 11 is 0. The van der Waals surface area contributed by atoms with Gasteiger partial charge in [0.2, 0.25) is 0 Å². The summed E-state index contributed by atoms with van der Waals surface area (Å²) in [5.74, 6) is 1.59. The van der Waals surface area contributed by atoms with Crippen LogP contribution in [-0.2, 0) is 0 Å². The highest BCUT2D eigenvalue weighted by atomic mass is 16.5. The lowest BCUT2D eigenvalue weighted by Crippen LogP contribution is -2.44. The van der Waals surface area contributed by atoms with E-state index in [1.165, 1.54) is 38.8 Å². The van der Waals surface area contributed by atoms with Crippen molar-refractivity contribution in [2.45, 2.75) is 56.9 Å². The average molecular weight is 492 g/mol. The second-order valence-electron chi connectivity index (χ2n) is 9.95. The number of carbonyl (C=O) groups is 1. The van der Waals surface area contributed by atoms with Crippen molar-refractivity contribution >= 4 is 16.9 Å². The fraction of sp³-hybridized carbons (Fsp3) is 0.536. The van der Waals surface area contributed by atoms with Crippen LogP contribution in [0.3, 0.4) is 0 Å². The highest BCUT2D eigenvalue weighted by molar-refractivity contribution is 5.85. The van der Waals surface area contributed by atoms with Gasteiger partial charge in [-0.3, -0.25) is 4.90 Å². The van der Waals surface area contributed by atoms with E-state index in [9.17, 15) is 4.79 Å². The summed E-state index contributed by atoms with van der Waals surface area (Å²) in [6.45, 7) is 3.76. The molecule has 1 atom stereocenters. The standard InChI is InChI=1S/C28H37N5O3/c1-35-25-17-23-24(18-26(25)36-2)29-19-30-27(23)20-11-15-33(16-12-20)28(34)31-21-7-9-22(10-8-21)32-13-5-3-4-6-14-32/h7-9,17-20,22H,3-6,10-16H2,1-2H3,(H,31,34). The summed E-state index contributed by atoms with van der Waals surface area (Å²) in [7, 11) is 3.26. The van der Waals surface area contributed by atoms with Crippen molar-refractivity contribution in [1.82, 2.24) is 25.1 Å². The van der Waals surface area contributed by atoms with Crippen LogP contribution < -0.4 is 14.8 Å². The maximum atomic E-state index is 13.0. The van der Waals surface area contributed by atoms with Crippen LogP contribution in [0.5, 0.6) is 11.5 Å².